The van der Waals surface area contributed by atoms with Gasteiger partial charge in [0.05, 0.1) is 12.0 Å². The molecule has 2 atom stereocenters. The molecule has 1 fully saturated rings. The van der Waals surface area contributed by atoms with E-state index >= 15 is 0 Å². The first kappa shape index (κ1) is 29.8. The fourth-order valence-electron chi connectivity index (χ4n) is 4.83. The molecule has 0 aliphatic carbocycles. The Labute approximate surface area is 241 Å². The van der Waals surface area contributed by atoms with Crippen LogP contribution in [0.25, 0.3) is 11.1 Å². The maximum atomic E-state index is 13.8. The Balaban J connectivity index is 1.54. The molecule has 3 aromatic carbocycles. The summed E-state index contributed by atoms with van der Waals surface area (Å²) in [5.74, 6) is -1.95. The van der Waals surface area contributed by atoms with E-state index in [0.717, 1.165) is 4.31 Å². The molecule has 1 aliphatic rings. The van der Waals surface area contributed by atoms with Gasteiger partial charge in [0.15, 0.2) is 0 Å². The molecule has 212 valence electrons. The van der Waals surface area contributed by atoms with Gasteiger partial charge in [-0.2, -0.15) is 4.31 Å². The van der Waals surface area contributed by atoms with Crippen LogP contribution in [0.3, 0.4) is 0 Å². The molecule has 1 heterocycles. The van der Waals surface area contributed by atoms with E-state index in [4.69, 9.17) is 27.9 Å². The number of amides is 1. The van der Waals surface area contributed by atoms with Crippen LogP contribution >= 0.6 is 23.2 Å². The van der Waals surface area contributed by atoms with E-state index < -0.39 is 39.3 Å². The number of halogens is 3. The monoisotopic (exact) mass is 608 g/mol. The minimum absolute atomic E-state index is 0.0611. The molecular weight excluding hydrogens is 582 g/mol. The summed E-state index contributed by atoms with van der Waals surface area (Å²) >= 11 is 12.0. The minimum atomic E-state index is -4.17. The molecule has 3 aromatic rings. The third-order valence-electron chi connectivity index (χ3n) is 6.96. The zero-order valence-electron chi connectivity index (χ0n) is 21.7. The topological polar surface area (TPSA) is 113 Å². The number of carbonyl (C=O) groups is 2. The van der Waals surface area contributed by atoms with Crippen LogP contribution in [0, 0.1) is 5.82 Å². The van der Waals surface area contributed by atoms with Crippen molar-refractivity contribution in [1.82, 2.24) is 9.62 Å². The standard InChI is InChI=1S/C28H27Cl2FN2O6S/c1-28(10-3-11-33(28)40(37,38)22-14-19(29)13-20(30)15-22)27(36)32-24(26(34)35)12-17-4-6-18(7-5-17)23-16-21(31)8-9-25(23)39-2/h4-9,13-16,24H,3,10-12H2,1-2H3,(H,32,36)(H,34,35)/t24?,28-/m0/s1. The van der Waals surface area contributed by atoms with Crippen LogP contribution in [-0.2, 0) is 26.0 Å². The van der Waals surface area contributed by atoms with E-state index in [9.17, 15) is 27.5 Å². The van der Waals surface area contributed by atoms with Gasteiger partial charge in [-0.1, -0.05) is 47.5 Å². The van der Waals surface area contributed by atoms with Gasteiger partial charge in [-0.3, -0.25) is 4.79 Å². The van der Waals surface area contributed by atoms with Crippen LogP contribution in [0.4, 0.5) is 4.39 Å². The number of carboxylic acids is 1. The lowest BCUT2D eigenvalue weighted by Gasteiger charge is -2.34. The van der Waals surface area contributed by atoms with Crippen molar-refractivity contribution in [3.05, 3.63) is 82.1 Å². The number of sulfonamides is 1. The Kier molecular flexibility index (Phi) is 8.75. The van der Waals surface area contributed by atoms with Gasteiger partial charge in [0.25, 0.3) is 0 Å². The number of benzene rings is 3. The molecule has 4 rings (SSSR count). The van der Waals surface area contributed by atoms with Crippen LogP contribution in [0.15, 0.2) is 65.6 Å². The van der Waals surface area contributed by atoms with E-state index in [0.29, 0.717) is 28.9 Å². The van der Waals surface area contributed by atoms with Crippen LogP contribution < -0.4 is 10.1 Å². The van der Waals surface area contributed by atoms with Gasteiger partial charge in [0, 0.05) is 28.6 Å². The van der Waals surface area contributed by atoms with Crippen molar-refractivity contribution >= 4 is 45.1 Å². The van der Waals surface area contributed by atoms with Gasteiger partial charge >= 0.3 is 5.97 Å². The Hall–Kier alpha value is -3.18. The average Bonchev–Trinajstić information content (AvgIpc) is 3.31. The van der Waals surface area contributed by atoms with E-state index in [1.54, 1.807) is 24.3 Å². The second kappa shape index (κ2) is 11.7. The number of rotatable bonds is 9. The van der Waals surface area contributed by atoms with Crippen LogP contribution in [0.5, 0.6) is 5.75 Å². The Bertz CT molecular complexity index is 1530. The molecule has 40 heavy (non-hydrogen) atoms. The molecule has 1 aliphatic heterocycles. The lowest BCUT2D eigenvalue weighted by atomic mass is 9.97. The van der Waals surface area contributed by atoms with Crippen LogP contribution in [-0.4, -0.2) is 54.9 Å². The first-order chi connectivity index (χ1) is 18.8. The van der Waals surface area contributed by atoms with Gasteiger partial charge < -0.3 is 15.2 Å². The van der Waals surface area contributed by atoms with Gasteiger partial charge in [-0.15, -0.1) is 0 Å². The van der Waals surface area contributed by atoms with Crippen molar-refractivity contribution in [2.45, 2.75) is 42.7 Å². The smallest absolute Gasteiger partial charge is 0.326 e. The number of methoxy groups -OCH3 is 1. The predicted octanol–water partition coefficient (Wildman–Crippen LogP) is 5.16. The number of hydrogen-bond acceptors (Lipinski definition) is 5. The molecule has 0 bridgehead atoms. The molecule has 1 amide bonds. The van der Waals surface area contributed by atoms with Gasteiger partial charge in [0.2, 0.25) is 15.9 Å². The summed E-state index contributed by atoms with van der Waals surface area (Å²) in [7, 11) is -2.69. The highest BCUT2D eigenvalue weighted by Gasteiger charge is 2.50. The van der Waals surface area contributed by atoms with Crippen LogP contribution in [0.1, 0.15) is 25.3 Å². The molecular formula is C28H27Cl2FN2O6S. The van der Waals surface area contributed by atoms with Crippen molar-refractivity contribution in [2.75, 3.05) is 13.7 Å². The summed E-state index contributed by atoms with van der Waals surface area (Å²) < 4.78 is 47.1. The van der Waals surface area contributed by atoms with Crippen molar-refractivity contribution in [2.24, 2.45) is 0 Å². The van der Waals surface area contributed by atoms with Crippen molar-refractivity contribution in [3.63, 3.8) is 0 Å². The zero-order chi connectivity index (χ0) is 29.2. The maximum absolute atomic E-state index is 13.8. The first-order valence-corrected chi connectivity index (χ1v) is 14.5. The highest BCUT2D eigenvalue weighted by Crippen LogP contribution is 2.36. The van der Waals surface area contributed by atoms with Crippen LogP contribution in [0.2, 0.25) is 10.0 Å². The van der Waals surface area contributed by atoms with E-state index in [-0.39, 0.29) is 34.3 Å². The number of nitrogens with zero attached hydrogens (tertiary/aromatic N) is 1. The fourth-order valence-corrected chi connectivity index (χ4v) is 7.37. The number of hydrogen-bond donors (Lipinski definition) is 2. The van der Waals surface area contributed by atoms with Gasteiger partial charge in [-0.25, -0.2) is 17.6 Å². The fraction of sp³-hybridized carbons (Fsp3) is 0.286. The third kappa shape index (κ3) is 6.10. The number of carbonyl (C=O) groups excluding carboxylic acids is 1. The minimum Gasteiger partial charge on any atom is -0.496 e. The second-order valence-electron chi connectivity index (χ2n) is 9.67. The summed E-state index contributed by atoms with van der Waals surface area (Å²) in [5, 5.41) is 12.7. The largest absolute Gasteiger partial charge is 0.496 e. The molecule has 0 radical (unpaired) electrons. The first-order valence-electron chi connectivity index (χ1n) is 12.3. The molecule has 0 aromatic heterocycles. The van der Waals surface area contributed by atoms with E-state index in [2.05, 4.69) is 5.32 Å². The Morgan fingerprint density at radius 2 is 1.75 bits per heavy atom. The third-order valence-corrected chi connectivity index (χ3v) is 9.39. The summed E-state index contributed by atoms with van der Waals surface area (Å²) in [6.07, 6.45) is 0.539. The molecule has 12 heteroatoms. The summed E-state index contributed by atoms with van der Waals surface area (Å²) in [6, 6.07) is 13.5. The number of ether oxygens (including phenoxy) is 1. The molecule has 0 saturated carbocycles. The Morgan fingerprint density at radius 1 is 1.10 bits per heavy atom. The van der Waals surface area contributed by atoms with E-state index in [1.165, 1.54) is 50.4 Å². The highest BCUT2D eigenvalue weighted by atomic mass is 35.5. The van der Waals surface area contributed by atoms with E-state index in [1.807, 2.05) is 0 Å². The molecule has 8 nitrogen and oxygen atoms in total. The zero-order valence-corrected chi connectivity index (χ0v) is 24.0. The predicted molar refractivity (Wildman–Crippen MR) is 150 cm³/mol. The highest BCUT2D eigenvalue weighted by molar-refractivity contribution is 7.89. The van der Waals surface area contributed by atoms with Crippen molar-refractivity contribution in [1.29, 1.82) is 0 Å². The number of aliphatic carboxylic acids is 1. The molecule has 1 saturated heterocycles. The lowest BCUT2D eigenvalue weighted by molar-refractivity contribution is -0.143. The Morgan fingerprint density at radius 3 is 2.35 bits per heavy atom. The lowest BCUT2D eigenvalue weighted by Crippen LogP contribution is -2.58. The van der Waals surface area contributed by atoms with Gasteiger partial charge in [0.1, 0.15) is 23.1 Å². The average molecular weight is 610 g/mol. The van der Waals surface area contributed by atoms with Crippen molar-refractivity contribution < 1.29 is 32.2 Å². The van der Waals surface area contributed by atoms with Gasteiger partial charge in [-0.05, 0) is 67.3 Å². The molecule has 0 spiro atoms. The summed E-state index contributed by atoms with van der Waals surface area (Å²) in [6.45, 7) is 1.54. The normalized spacial score (nSPS) is 18.3. The summed E-state index contributed by atoms with van der Waals surface area (Å²) in [4.78, 5) is 25.4. The quantitative estimate of drug-likeness (QED) is 0.347. The summed E-state index contributed by atoms with van der Waals surface area (Å²) in [5.41, 5.74) is 0.269. The maximum Gasteiger partial charge on any atom is 0.326 e. The number of carboxylic acid groups (broad SMARTS) is 1. The second-order valence-corrected chi connectivity index (χ2v) is 12.4. The molecule has 1 unspecified atom stereocenters. The SMILES string of the molecule is COc1ccc(F)cc1-c1ccc(CC(NC(=O)[C@]2(C)CCCN2S(=O)(=O)c2cc(Cl)cc(Cl)c2)C(=O)O)cc1. The van der Waals surface area contributed by atoms with Crippen molar-refractivity contribution in [3.8, 4) is 16.9 Å². The molecule has 2 N–H and O–H groups in total. The number of nitrogens with one attached hydrogen (secondary N) is 1.